The van der Waals surface area contributed by atoms with E-state index < -0.39 is 5.91 Å². The Labute approximate surface area is 120 Å². The molecule has 0 bridgehead atoms. The third-order valence-electron chi connectivity index (χ3n) is 4.34. The molecule has 0 saturated heterocycles. The van der Waals surface area contributed by atoms with Gasteiger partial charge in [0.15, 0.2) is 0 Å². The predicted molar refractivity (Wildman–Crippen MR) is 83.6 cm³/mol. The number of nitrogens with one attached hydrogen (secondary N) is 1. The second kappa shape index (κ2) is 6.64. The Hall–Kier alpha value is -1.71. The summed E-state index contributed by atoms with van der Waals surface area (Å²) in [6, 6.07) is 5.60. The van der Waals surface area contributed by atoms with Gasteiger partial charge < -0.3 is 16.8 Å². The fourth-order valence-electron chi connectivity index (χ4n) is 3.12. The van der Waals surface area contributed by atoms with Crippen molar-refractivity contribution in [2.45, 2.75) is 51.5 Å². The van der Waals surface area contributed by atoms with Crippen molar-refractivity contribution in [2.75, 3.05) is 11.1 Å². The van der Waals surface area contributed by atoms with Gasteiger partial charge in [-0.15, -0.1) is 0 Å². The lowest BCUT2D eigenvalue weighted by molar-refractivity contribution is 0.100. The highest BCUT2D eigenvalue weighted by Gasteiger charge is 2.22. The van der Waals surface area contributed by atoms with Crippen molar-refractivity contribution < 1.29 is 4.79 Å². The van der Waals surface area contributed by atoms with Crippen molar-refractivity contribution in [1.82, 2.24) is 0 Å². The Bertz CT molecular complexity index is 467. The molecular formula is C16H25N3O. The molecule has 0 spiro atoms. The van der Waals surface area contributed by atoms with Crippen LogP contribution >= 0.6 is 0 Å². The molecular weight excluding hydrogens is 250 g/mol. The van der Waals surface area contributed by atoms with Crippen LogP contribution in [-0.4, -0.2) is 11.9 Å². The molecule has 20 heavy (non-hydrogen) atoms. The number of carbonyl (C=O) groups is 1. The van der Waals surface area contributed by atoms with Gasteiger partial charge in [0.05, 0.1) is 11.4 Å². The Kier molecular flexibility index (Phi) is 4.88. The molecule has 1 fully saturated rings. The second-order valence-corrected chi connectivity index (χ2v) is 5.72. The predicted octanol–water partition coefficient (Wildman–Crippen LogP) is 3.14. The molecule has 1 amide bonds. The van der Waals surface area contributed by atoms with Crippen LogP contribution in [0.25, 0.3) is 0 Å². The van der Waals surface area contributed by atoms with Crippen LogP contribution in [0.5, 0.6) is 0 Å². The van der Waals surface area contributed by atoms with Crippen LogP contribution in [0.3, 0.4) is 0 Å². The number of primary amides is 1. The van der Waals surface area contributed by atoms with Crippen molar-refractivity contribution >= 4 is 17.3 Å². The van der Waals surface area contributed by atoms with Gasteiger partial charge in [-0.1, -0.05) is 26.2 Å². The number of amides is 1. The van der Waals surface area contributed by atoms with Crippen molar-refractivity contribution in [3.63, 3.8) is 0 Å². The van der Waals surface area contributed by atoms with E-state index in [1.54, 1.807) is 18.2 Å². The minimum absolute atomic E-state index is 0.417. The quantitative estimate of drug-likeness (QED) is 0.722. The summed E-state index contributed by atoms with van der Waals surface area (Å²) in [6.45, 7) is 2.19. The molecule has 1 unspecified atom stereocenters. The van der Waals surface area contributed by atoms with Gasteiger partial charge in [-0.2, -0.15) is 0 Å². The third-order valence-corrected chi connectivity index (χ3v) is 4.34. The Morgan fingerprint density at radius 2 is 2.05 bits per heavy atom. The molecule has 1 aromatic rings. The molecule has 1 aliphatic rings. The van der Waals surface area contributed by atoms with Gasteiger partial charge in [0.1, 0.15) is 0 Å². The fraction of sp³-hybridized carbons (Fsp3) is 0.562. The zero-order chi connectivity index (χ0) is 14.5. The monoisotopic (exact) mass is 275 g/mol. The van der Waals surface area contributed by atoms with Gasteiger partial charge >= 0.3 is 0 Å². The van der Waals surface area contributed by atoms with E-state index in [2.05, 4.69) is 12.2 Å². The lowest BCUT2D eigenvalue weighted by Crippen LogP contribution is -2.30. The SMILES string of the molecule is CCC(Nc1cc(C(N)=O)ccc1N)C1CCCCC1. The van der Waals surface area contributed by atoms with E-state index in [9.17, 15) is 4.79 Å². The van der Waals surface area contributed by atoms with Crippen molar-refractivity contribution in [3.05, 3.63) is 23.8 Å². The molecule has 0 aromatic heterocycles. The van der Waals surface area contributed by atoms with Crippen LogP contribution in [0.2, 0.25) is 0 Å². The third kappa shape index (κ3) is 3.44. The number of benzene rings is 1. The molecule has 5 N–H and O–H groups in total. The summed E-state index contributed by atoms with van der Waals surface area (Å²) >= 11 is 0. The van der Waals surface area contributed by atoms with E-state index in [1.807, 2.05) is 0 Å². The van der Waals surface area contributed by atoms with E-state index >= 15 is 0 Å². The molecule has 2 rings (SSSR count). The average molecular weight is 275 g/mol. The average Bonchev–Trinajstić information content (AvgIpc) is 2.47. The summed E-state index contributed by atoms with van der Waals surface area (Å²) in [4.78, 5) is 11.3. The number of carbonyl (C=O) groups excluding carboxylic acids is 1. The van der Waals surface area contributed by atoms with Crippen LogP contribution in [0.4, 0.5) is 11.4 Å². The highest BCUT2D eigenvalue weighted by atomic mass is 16.1. The van der Waals surface area contributed by atoms with Crippen LogP contribution in [0.1, 0.15) is 55.8 Å². The summed E-state index contributed by atoms with van der Waals surface area (Å²) in [5, 5.41) is 3.53. The van der Waals surface area contributed by atoms with E-state index in [-0.39, 0.29) is 0 Å². The Morgan fingerprint density at radius 1 is 1.35 bits per heavy atom. The normalized spacial score (nSPS) is 17.6. The summed E-state index contributed by atoms with van der Waals surface area (Å²) in [7, 11) is 0. The number of nitrogen functional groups attached to an aromatic ring is 1. The number of anilines is 2. The van der Waals surface area contributed by atoms with Crippen LogP contribution < -0.4 is 16.8 Å². The summed E-state index contributed by atoms with van der Waals surface area (Å²) in [5.74, 6) is 0.282. The van der Waals surface area contributed by atoms with Gasteiger partial charge in [0.25, 0.3) is 0 Å². The largest absolute Gasteiger partial charge is 0.397 e. The highest BCUT2D eigenvalue weighted by molar-refractivity contribution is 5.94. The molecule has 4 nitrogen and oxygen atoms in total. The smallest absolute Gasteiger partial charge is 0.248 e. The molecule has 110 valence electrons. The lowest BCUT2D eigenvalue weighted by Gasteiger charge is -2.31. The molecule has 1 atom stereocenters. The molecule has 1 aliphatic carbocycles. The molecule has 1 saturated carbocycles. The molecule has 0 aliphatic heterocycles. The van der Waals surface area contributed by atoms with Gasteiger partial charge in [0.2, 0.25) is 5.91 Å². The molecule has 4 heteroatoms. The van der Waals surface area contributed by atoms with E-state index in [4.69, 9.17) is 11.5 Å². The first-order valence-corrected chi connectivity index (χ1v) is 7.57. The van der Waals surface area contributed by atoms with Gasteiger partial charge in [0, 0.05) is 11.6 Å². The van der Waals surface area contributed by atoms with Crippen LogP contribution in [0.15, 0.2) is 18.2 Å². The maximum absolute atomic E-state index is 11.3. The second-order valence-electron chi connectivity index (χ2n) is 5.72. The molecule has 0 radical (unpaired) electrons. The number of hydrogen-bond donors (Lipinski definition) is 3. The first kappa shape index (κ1) is 14.7. The standard InChI is InChI=1S/C16H25N3O/c1-2-14(11-6-4-3-5-7-11)19-15-10-12(16(18)20)8-9-13(15)17/h8-11,14,19H,2-7,17H2,1H3,(H2,18,20). The van der Waals surface area contributed by atoms with Crippen molar-refractivity contribution in [1.29, 1.82) is 0 Å². The van der Waals surface area contributed by atoms with Crippen molar-refractivity contribution in [2.24, 2.45) is 11.7 Å². The lowest BCUT2D eigenvalue weighted by atomic mass is 9.83. The zero-order valence-corrected chi connectivity index (χ0v) is 12.2. The number of hydrogen-bond acceptors (Lipinski definition) is 3. The van der Waals surface area contributed by atoms with E-state index in [1.165, 1.54) is 32.1 Å². The Balaban J connectivity index is 2.13. The Morgan fingerprint density at radius 3 is 2.65 bits per heavy atom. The maximum Gasteiger partial charge on any atom is 0.248 e. The van der Waals surface area contributed by atoms with Gasteiger partial charge in [-0.3, -0.25) is 4.79 Å². The zero-order valence-electron chi connectivity index (χ0n) is 12.2. The summed E-state index contributed by atoms with van der Waals surface area (Å²) in [5.41, 5.74) is 13.3. The first-order valence-electron chi connectivity index (χ1n) is 7.57. The fourth-order valence-corrected chi connectivity index (χ4v) is 3.12. The number of nitrogens with two attached hydrogens (primary N) is 2. The van der Waals surface area contributed by atoms with Crippen LogP contribution in [-0.2, 0) is 0 Å². The van der Waals surface area contributed by atoms with E-state index in [0.717, 1.165) is 12.1 Å². The topological polar surface area (TPSA) is 81.1 Å². The first-order chi connectivity index (χ1) is 9.61. The molecule has 1 aromatic carbocycles. The maximum atomic E-state index is 11.3. The minimum atomic E-state index is -0.418. The minimum Gasteiger partial charge on any atom is -0.397 e. The van der Waals surface area contributed by atoms with Crippen molar-refractivity contribution in [3.8, 4) is 0 Å². The summed E-state index contributed by atoms with van der Waals surface area (Å²) in [6.07, 6.45) is 7.61. The van der Waals surface area contributed by atoms with Gasteiger partial charge in [-0.05, 0) is 43.4 Å². The van der Waals surface area contributed by atoms with Crippen LogP contribution in [0, 0.1) is 5.92 Å². The molecule has 0 heterocycles. The van der Waals surface area contributed by atoms with Gasteiger partial charge in [-0.25, -0.2) is 0 Å². The number of rotatable bonds is 5. The highest BCUT2D eigenvalue weighted by Crippen LogP contribution is 2.31. The van der Waals surface area contributed by atoms with E-state index in [0.29, 0.717) is 23.2 Å². The summed E-state index contributed by atoms with van der Waals surface area (Å²) < 4.78 is 0.